The van der Waals surface area contributed by atoms with E-state index in [0.29, 0.717) is 16.4 Å². The number of ether oxygens (including phenoxy) is 1. The Bertz CT molecular complexity index is 1160. The Balaban J connectivity index is 1.64. The van der Waals surface area contributed by atoms with Crippen LogP contribution >= 0.6 is 11.6 Å². The lowest BCUT2D eigenvalue weighted by atomic mass is 10.2. The summed E-state index contributed by atoms with van der Waals surface area (Å²) in [4.78, 5) is 12.4. The second kappa shape index (κ2) is 7.40. The highest BCUT2D eigenvalue weighted by Crippen LogP contribution is 2.30. The van der Waals surface area contributed by atoms with Crippen molar-refractivity contribution in [3.63, 3.8) is 0 Å². The molecule has 142 valence electrons. The zero-order valence-corrected chi connectivity index (χ0v) is 16.2. The molecule has 0 aliphatic rings. The number of carbonyl (C=O) groups excluding carboxylic acids is 1. The smallest absolute Gasteiger partial charge is 0.256 e. The summed E-state index contributed by atoms with van der Waals surface area (Å²) in [6, 6.07) is 16.7. The van der Waals surface area contributed by atoms with Gasteiger partial charge in [-0.3, -0.25) is 9.89 Å². The van der Waals surface area contributed by atoms with Gasteiger partial charge in [0.2, 0.25) is 0 Å². The number of halogens is 1. The summed E-state index contributed by atoms with van der Waals surface area (Å²) in [6.45, 7) is 2.89. The highest BCUT2D eigenvalue weighted by molar-refractivity contribution is 6.31. The molecule has 1 amide bonds. The maximum Gasteiger partial charge on any atom is 0.256 e. The molecule has 0 atom stereocenters. The van der Waals surface area contributed by atoms with Gasteiger partial charge in [-0.15, -0.1) is 0 Å². The molecule has 0 saturated carbocycles. The zero-order valence-electron chi connectivity index (χ0n) is 15.5. The number of aromatic nitrogens is 3. The molecule has 4 rings (SSSR count). The van der Waals surface area contributed by atoms with Crippen LogP contribution in [0.3, 0.4) is 0 Å². The van der Waals surface area contributed by atoms with Gasteiger partial charge >= 0.3 is 0 Å². The van der Waals surface area contributed by atoms with Gasteiger partial charge in [-0.25, -0.2) is 0 Å². The number of carbonyl (C=O) groups is 1. The molecule has 4 aromatic rings. The average molecular weight is 395 g/mol. The first kappa shape index (κ1) is 18.1. The van der Waals surface area contributed by atoms with E-state index in [1.54, 1.807) is 31.4 Å². The van der Waals surface area contributed by atoms with Crippen LogP contribution in [0, 0.1) is 0 Å². The largest absolute Gasteiger partial charge is 0.497 e. The summed E-state index contributed by atoms with van der Waals surface area (Å²) >= 11 is 5.96. The van der Waals surface area contributed by atoms with E-state index in [1.165, 1.54) is 0 Å². The quantitative estimate of drug-likeness (QED) is 0.502. The number of hydrogen-bond donors (Lipinski definition) is 2. The molecule has 2 aromatic heterocycles. The van der Waals surface area contributed by atoms with Crippen molar-refractivity contribution >= 4 is 34.2 Å². The van der Waals surface area contributed by atoms with Crippen LogP contribution in [-0.2, 0) is 6.54 Å². The van der Waals surface area contributed by atoms with Crippen LogP contribution in [0.25, 0.3) is 22.3 Å². The van der Waals surface area contributed by atoms with Gasteiger partial charge < -0.3 is 14.6 Å². The van der Waals surface area contributed by atoms with E-state index in [0.717, 1.165) is 34.6 Å². The molecule has 7 heteroatoms. The van der Waals surface area contributed by atoms with Crippen LogP contribution in [0.4, 0.5) is 5.82 Å². The molecule has 2 aromatic carbocycles. The Hall–Kier alpha value is -3.25. The van der Waals surface area contributed by atoms with Gasteiger partial charge in [-0.05, 0) is 49.4 Å². The minimum absolute atomic E-state index is 0.263. The number of methoxy groups -OCH3 is 1. The molecule has 0 unspecified atom stereocenters. The van der Waals surface area contributed by atoms with Gasteiger partial charge in [0, 0.05) is 34.1 Å². The lowest BCUT2D eigenvalue weighted by Crippen LogP contribution is -2.11. The van der Waals surface area contributed by atoms with Gasteiger partial charge in [-0.2, -0.15) is 5.10 Å². The molecule has 0 spiro atoms. The molecule has 0 saturated heterocycles. The topological polar surface area (TPSA) is 71.9 Å². The van der Waals surface area contributed by atoms with Crippen molar-refractivity contribution in [1.82, 2.24) is 14.8 Å². The molecule has 0 aliphatic heterocycles. The first-order valence-electron chi connectivity index (χ1n) is 8.89. The SMILES string of the molecule is CCn1c(-c2cc(NC(=O)c3cccc(Cl)c3)n[nH]2)cc2cc(OC)ccc21. The summed E-state index contributed by atoms with van der Waals surface area (Å²) in [6.07, 6.45) is 0. The predicted molar refractivity (Wildman–Crippen MR) is 111 cm³/mol. The number of aryl methyl sites for hydroxylation is 1. The van der Waals surface area contributed by atoms with E-state index in [4.69, 9.17) is 16.3 Å². The van der Waals surface area contributed by atoms with Crippen LogP contribution in [-0.4, -0.2) is 27.8 Å². The number of H-pyrrole nitrogens is 1. The first-order valence-corrected chi connectivity index (χ1v) is 9.27. The highest BCUT2D eigenvalue weighted by atomic mass is 35.5. The van der Waals surface area contributed by atoms with Crippen LogP contribution in [0.1, 0.15) is 17.3 Å². The molecule has 2 N–H and O–H groups in total. The number of nitrogens with zero attached hydrogens (tertiary/aromatic N) is 2. The van der Waals surface area contributed by atoms with Crippen LogP contribution in [0.15, 0.2) is 54.6 Å². The van der Waals surface area contributed by atoms with Crippen molar-refractivity contribution in [3.05, 3.63) is 65.2 Å². The van der Waals surface area contributed by atoms with E-state index in [9.17, 15) is 4.79 Å². The van der Waals surface area contributed by atoms with E-state index in [2.05, 4.69) is 33.1 Å². The lowest BCUT2D eigenvalue weighted by Gasteiger charge is -2.06. The Morgan fingerprint density at radius 1 is 1.21 bits per heavy atom. The Kier molecular flexibility index (Phi) is 4.79. The minimum Gasteiger partial charge on any atom is -0.497 e. The average Bonchev–Trinajstić information content (AvgIpc) is 3.31. The van der Waals surface area contributed by atoms with Crippen molar-refractivity contribution in [2.75, 3.05) is 12.4 Å². The van der Waals surface area contributed by atoms with Crippen molar-refractivity contribution in [3.8, 4) is 17.1 Å². The number of fused-ring (bicyclic) bond motifs is 1. The van der Waals surface area contributed by atoms with Crippen LogP contribution < -0.4 is 10.1 Å². The van der Waals surface area contributed by atoms with Gasteiger partial charge in [-0.1, -0.05) is 17.7 Å². The number of rotatable bonds is 5. The second-order valence-corrected chi connectivity index (χ2v) is 6.77. The number of anilines is 1. The number of amides is 1. The normalized spacial score (nSPS) is 11.0. The first-order chi connectivity index (χ1) is 13.6. The number of benzene rings is 2. The maximum atomic E-state index is 12.4. The number of aromatic amines is 1. The molecule has 0 bridgehead atoms. The molecule has 6 nitrogen and oxygen atoms in total. The van der Waals surface area contributed by atoms with Crippen molar-refractivity contribution in [1.29, 1.82) is 0 Å². The van der Waals surface area contributed by atoms with E-state index in [1.807, 2.05) is 24.3 Å². The Labute approximate surface area is 167 Å². The minimum atomic E-state index is -0.263. The van der Waals surface area contributed by atoms with E-state index >= 15 is 0 Å². The molecular weight excluding hydrogens is 376 g/mol. The van der Waals surface area contributed by atoms with Crippen LogP contribution in [0.2, 0.25) is 5.02 Å². The fourth-order valence-electron chi connectivity index (χ4n) is 3.27. The summed E-state index contributed by atoms with van der Waals surface area (Å²) in [5, 5.41) is 11.6. The van der Waals surface area contributed by atoms with Gasteiger partial charge in [0.15, 0.2) is 5.82 Å². The molecule has 28 heavy (non-hydrogen) atoms. The molecular formula is C21H19ClN4O2. The summed E-state index contributed by atoms with van der Waals surface area (Å²) in [5.74, 6) is 0.998. The Morgan fingerprint density at radius 2 is 2.07 bits per heavy atom. The molecule has 0 radical (unpaired) electrons. The fourth-order valence-corrected chi connectivity index (χ4v) is 3.47. The van der Waals surface area contributed by atoms with Crippen molar-refractivity contribution < 1.29 is 9.53 Å². The highest BCUT2D eigenvalue weighted by Gasteiger charge is 2.14. The lowest BCUT2D eigenvalue weighted by molar-refractivity contribution is 0.102. The van der Waals surface area contributed by atoms with Crippen molar-refractivity contribution in [2.24, 2.45) is 0 Å². The second-order valence-electron chi connectivity index (χ2n) is 6.33. The summed E-state index contributed by atoms with van der Waals surface area (Å²) in [7, 11) is 1.66. The van der Waals surface area contributed by atoms with E-state index in [-0.39, 0.29) is 5.91 Å². The third-order valence-corrected chi connectivity index (χ3v) is 4.84. The standard InChI is InChI=1S/C21H19ClN4O2/c1-3-26-18-8-7-16(28-2)10-14(18)11-19(26)17-12-20(25-24-17)23-21(27)13-5-4-6-15(22)9-13/h4-12H,3H2,1-2H3,(H2,23,24,25,27). The van der Waals surface area contributed by atoms with Gasteiger partial charge in [0.25, 0.3) is 5.91 Å². The summed E-state index contributed by atoms with van der Waals surface area (Å²) < 4.78 is 7.51. The third-order valence-electron chi connectivity index (χ3n) is 4.61. The Morgan fingerprint density at radius 3 is 2.82 bits per heavy atom. The van der Waals surface area contributed by atoms with Crippen molar-refractivity contribution in [2.45, 2.75) is 13.5 Å². The molecule has 0 aliphatic carbocycles. The van der Waals surface area contributed by atoms with Gasteiger partial charge in [0.05, 0.1) is 18.5 Å². The zero-order chi connectivity index (χ0) is 19.7. The van der Waals surface area contributed by atoms with Crippen LogP contribution in [0.5, 0.6) is 5.75 Å². The fraction of sp³-hybridized carbons (Fsp3) is 0.143. The predicted octanol–water partition coefficient (Wildman–Crippen LogP) is 4.97. The number of nitrogens with one attached hydrogen (secondary N) is 2. The maximum absolute atomic E-state index is 12.4. The number of hydrogen-bond acceptors (Lipinski definition) is 3. The van der Waals surface area contributed by atoms with Gasteiger partial charge in [0.1, 0.15) is 5.75 Å². The third kappa shape index (κ3) is 3.34. The molecule has 0 fully saturated rings. The monoisotopic (exact) mass is 394 g/mol. The summed E-state index contributed by atoms with van der Waals surface area (Å²) in [5.41, 5.74) is 3.39. The van der Waals surface area contributed by atoms with E-state index < -0.39 is 0 Å². The molecule has 2 heterocycles.